The van der Waals surface area contributed by atoms with Gasteiger partial charge in [0.15, 0.2) is 9.84 Å². The Morgan fingerprint density at radius 3 is 2.67 bits per heavy atom. The summed E-state index contributed by atoms with van der Waals surface area (Å²) in [5.74, 6) is -0.103. The molecule has 0 spiro atoms. The lowest BCUT2D eigenvalue weighted by Gasteiger charge is -2.11. The number of anilines is 1. The van der Waals surface area contributed by atoms with Crippen LogP contribution in [-0.2, 0) is 20.3 Å². The van der Waals surface area contributed by atoms with Crippen LogP contribution in [0.25, 0.3) is 0 Å². The monoisotopic (exact) mass is 314 g/mol. The molecule has 0 fully saturated rings. The van der Waals surface area contributed by atoms with E-state index >= 15 is 0 Å². The number of hydrogen-bond acceptors (Lipinski definition) is 4. The summed E-state index contributed by atoms with van der Waals surface area (Å²) in [6.07, 6.45) is 1.89. The number of hydrogen-bond donors (Lipinski definition) is 2. The van der Waals surface area contributed by atoms with Gasteiger partial charge in [0.25, 0.3) is 0 Å². The van der Waals surface area contributed by atoms with Crippen LogP contribution in [0.5, 0.6) is 0 Å². The molecule has 0 saturated heterocycles. The van der Waals surface area contributed by atoms with Gasteiger partial charge in [-0.05, 0) is 25.0 Å². The summed E-state index contributed by atoms with van der Waals surface area (Å²) in [7, 11) is -3.15. The lowest BCUT2D eigenvalue weighted by atomic mass is 10.2. The number of nitrogens with one attached hydrogen (secondary N) is 2. The van der Waals surface area contributed by atoms with Crippen molar-refractivity contribution >= 4 is 21.6 Å². The highest BCUT2D eigenvalue weighted by Crippen LogP contribution is 2.17. The Morgan fingerprint density at radius 2 is 2.00 bits per heavy atom. The van der Waals surface area contributed by atoms with Gasteiger partial charge in [-0.3, -0.25) is 0 Å². The lowest BCUT2D eigenvalue weighted by molar-refractivity contribution is 0.145. The minimum Gasteiger partial charge on any atom is -0.382 e. The SMILES string of the molecule is CCOCCCNC(=O)Nc1ccccc1CS(C)(=O)=O. The summed E-state index contributed by atoms with van der Waals surface area (Å²) in [6, 6.07) is 6.50. The quantitative estimate of drug-likeness (QED) is 0.716. The van der Waals surface area contributed by atoms with Crippen LogP contribution in [0.4, 0.5) is 10.5 Å². The molecule has 2 N–H and O–H groups in total. The number of para-hydroxylation sites is 1. The number of carbonyl (C=O) groups excluding carboxylic acids is 1. The van der Waals surface area contributed by atoms with Gasteiger partial charge in [0.2, 0.25) is 0 Å². The van der Waals surface area contributed by atoms with Crippen molar-refractivity contribution in [3.05, 3.63) is 29.8 Å². The molecule has 2 amide bonds. The first-order valence-corrected chi connectivity index (χ1v) is 8.86. The fraction of sp³-hybridized carbons (Fsp3) is 0.500. The summed E-state index contributed by atoms with van der Waals surface area (Å²) in [5.41, 5.74) is 1.08. The van der Waals surface area contributed by atoms with E-state index in [1.807, 2.05) is 6.92 Å². The molecule has 7 heteroatoms. The second-order valence-electron chi connectivity index (χ2n) is 4.66. The van der Waals surface area contributed by atoms with Crippen LogP contribution in [0.1, 0.15) is 18.9 Å². The molecule has 0 saturated carbocycles. The fourth-order valence-electron chi connectivity index (χ4n) is 1.74. The molecule has 118 valence electrons. The Kier molecular flexibility index (Phi) is 7.18. The molecular weight excluding hydrogens is 292 g/mol. The maximum atomic E-state index is 11.8. The van der Waals surface area contributed by atoms with Gasteiger partial charge in [0.05, 0.1) is 5.75 Å². The number of benzene rings is 1. The fourth-order valence-corrected chi connectivity index (χ4v) is 2.55. The van der Waals surface area contributed by atoms with Crippen molar-refractivity contribution in [3.8, 4) is 0 Å². The summed E-state index contributed by atoms with van der Waals surface area (Å²) in [4.78, 5) is 11.8. The minimum atomic E-state index is -3.15. The molecule has 0 radical (unpaired) electrons. The van der Waals surface area contributed by atoms with Crippen LogP contribution in [0, 0.1) is 0 Å². The third-order valence-corrected chi connectivity index (χ3v) is 3.47. The first-order chi connectivity index (χ1) is 9.92. The van der Waals surface area contributed by atoms with Crippen LogP contribution in [0.3, 0.4) is 0 Å². The third-order valence-electron chi connectivity index (χ3n) is 2.64. The molecule has 1 rings (SSSR count). The molecule has 6 nitrogen and oxygen atoms in total. The Bertz CT molecular complexity index is 558. The topological polar surface area (TPSA) is 84.5 Å². The van der Waals surface area contributed by atoms with Crippen LogP contribution in [-0.4, -0.2) is 40.5 Å². The predicted molar refractivity (Wildman–Crippen MR) is 83.1 cm³/mol. The largest absolute Gasteiger partial charge is 0.382 e. The van der Waals surface area contributed by atoms with Gasteiger partial charge >= 0.3 is 6.03 Å². The normalized spacial score (nSPS) is 11.1. The van der Waals surface area contributed by atoms with Crippen molar-refractivity contribution in [2.75, 3.05) is 31.3 Å². The average molecular weight is 314 g/mol. The first kappa shape index (κ1) is 17.5. The van der Waals surface area contributed by atoms with E-state index in [0.717, 1.165) is 12.7 Å². The van der Waals surface area contributed by atoms with Crippen LogP contribution in [0.2, 0.25) is 0 Å². The molecule has 0 aliphatic carbocycles. The molecule has 1 aromatic rings. The van der Waals surface area contributed by atoms with Crippen molar-refractivity contribution in [2.24, 2.45) is 0 Å². The highest BCUT2D eigenvalue weighted by atomic mass is 32.2. The second-order valence-corrected chi connectivity index (χ2v) is 6.80. The van der Waals surface area contributed by atoms with Gasteiger partial charge in [-0.2, -0.15) is 0 Å². The number of sulfone groups is 1. The first-order valence-electron chi connectivity index (χ1n) is 6.80. The van der Waals surface area contributed by atoms with Crippen molar-refractivity contribution in [3.63, 3.8) is 0 Å². The zero-order valence-corrected chi connectivity index (χ0v) is 13.2. The van der Waals surface area contributed by atoms with E-state index in [-0.39, 0.29) is 11.8 Å². The lowest BCUT2D eigenvalue weighted by Crippen LogP contribution is -2.30. The minimum absolute atomic E-state index is 0.103. The zero-order valence-electron chi connectivity index (χ0n) is 12.4. The van der Waals surface area contributed by atoms with Crippen molar-refractivity contribution in [1.29, 1.82) is 0 Å². The summed E-state index contributed by atoms with van der Waals surface area (Å²) >= 11 is 0. The van der Waals surface area contributed by atoms with Gasteiger partial charge in [-0.25, -0.2) is 13.2 Å². The van der Waals surface area contributed by atoms with E-state index in [1.54, 1.807) is 24.3 Å². The summed E-state index contributed by atoms with van der Waals surface area (Å²) < 4.78 is 27.9. The molecule has 0 bridgehead atoms. The second kappa shape index (κ2) is 8.63. The summed E-state index contributed by atoms with van der Waals surface area (Å²) in [5, 5.41) is 5.37. The third kappa shape index (κ3) is 7.67. The highest BCUT2D eigenvalue weighted by Gasteiger charge is 2.10. The van der Waals surface area contributed by atoms with E-state index in [4.69, 9.17) is 4.74 Å². The van der Waals surface area contributed by atoms with Crippen LogP contribution in [0.15, 0.2) is 24.3 Å². The maximum absolute atomic E-state index is 11.8. The van der Waals surface area contributed by atoms with Crippen molar-refractivity contribution < 1.29 is 17.9 Å². The molecular formula is C14H22N2O4S. The van der Waals surface area contributed by atoms with E-state index < -0.39 is 9.84 Å². The summed E-state index contributed by atoms with van der Waals surface area (Å²) in [6.45, 7) is 3.67. The van der Waals surface area contributed by atoms with Crippen molar-refractivity contribution in [1.82, 2.24) is 5.32 Å². The molecule has 0 aliphatic heterocycles. The van der Waals surface area contributed by atoms with E-state index in [0.29, 0.717) is 31.0 Å². The smallest absolute Gasteiger partial charge is 0.319 e. The van der Waals surface area contributed by atoms with E-state index in [9.17, 15) is 13.2 Å². The molecule has 0 aromatic heterocycles. The number of ether oxygens (including phenoxy) is 1. The van der Waals surface area contributed by atoms with Crippen molar-refractivity contribution in [2.45, 2.75) is 19.1 Å². The maximum Gasteiger partial charge on any atom is 0.319 e. The van der Waals surface area contributed by atoms with E-state index in [2.05, 4.69) is 10.6 Å². The Balaban J connectivity index is 2.52. The molecule has 0 heterocycles. The Morgan fingerprint density at radius 1 is 1.29 bits per heavy atom. The molecule has 1 aromatic carbocycles. The predicted octanol–water partition coefficient (Wildman–Crippen LogP) is 1.78. The molecule has 0 atom stereocenters. The number of amides is 2. The standard InChI is InChI=1S/C14H22N2O4S/c1-3-20-10-6-9-15-14(17)16-13-8-5-4-7-12(13)11-21(2,18)19/h4-5,7-8H,3,6,9-11H2,1-2H3,(H2,15,16,17). The van der Waals surface area contributed by atoms with Crippen LogP contribution >= 0.6 is 0 Å². The Hall–Kier alpha value is -1.60. The van der Waals surface area contributed by atoms with Gasteiger partial charge in [-0.15, -0.1) is 0 Å². The molecule has 0 unspecified atom stereocenters. The van der Waals surface area contributed by atoms with Gasteiger partial charge in [0, 0.05) is 31.7 Å². The van der Waals surface area contributed by atoms with Gasteiger partial charge < -0.3 is 15.4 Å². The highest BCUT2D eigenvalue weighted by molar-refractivity contribution is 7.89. The number of urea groups is 1. The molecule has 21 heavy (non-hydrogen) atoms. The Labute approximate surface area is 125 Å². The molecule has 0 aliphatic rings. The van der Waals surface area contributed by atoms with Crippen LogP contribution < -0.4 is 10.6 Å². The zero-order chi connectivity index (χ0) is 15.7. The number of rotatable bonds is 8. The van der Waals surface area contributed by atoms with Gasteiger partial charge in [-0.1, -0.05) is 18.2 Å². The van der Waals surface area contributed by atoms with Gasteiger partial charge in [0.1, 0.15) is 0 Å². The number of carbonyl (C=O) groups is 1. The average Bonchev–Trinajstić information content (AvgIpc) is 2.39. The van der Waals surface area contributed by atoms with E-state index in [1.165, 1.54) is 0 Å².